The molecule has 86 valence electrons. The Morgan fingerprint density at radius 2 is 2.31 bits per heavy atom. The summed E-state index contributed by atoms with van der Waals surface area (Å²) in [5.41, 5.74) is 2.51. The first-order valence-corrected chi connectivity index (χ1v) is 6.00. The lowest BCUT2D eigenvalue weighted by Crippen LogP contribution is -2.18. The van der Waals surface area contributed by atoms with E-state index < -0.39 is 5.97 Å². The molecule has 0 aliphatic heterocycles. The van der Waals surface area contributed by atoms with Crippen molar-refractivity contribution in [2.75, 3.05) is 0 Å². The summed E-state index contributed by atoms with van der Waals surface area (Å²) in [6.07, 6.45) is 7.65. The largest absolute Gasteiger partial charge is 0.481 e. The minimum Gasteiger partial charge on any atom is -0.481 e. The van der Waals surface area contributed by atoms with Crippen LogP contribution >= 0.6 is 0 Å². The molecule has 1 aromatic rings. The van der Waals surface area contributed by atoms with E-state index in [0.717, 1.165) is 25.0 Å². The molecule has 1 N–H and O–H groups in total. The Balaban J connectivity index is 1.77. The van der Waals surface area contributed by atoms with E-state index in [0.29, 0.717) is 6.04 Å². The quantitative estimate of drug-likeness (QED) is 0.845. The second-order valence-corrected chi connectivity index (χ2v) is 4.98. The topological polar surface area (TPSA) is 55.1 Å². The summed E-state index contributed by atoms with van der Waals surface area (Å²) >= 11 is 0. The zero-order chi connectivity index (χ0) is 11.1. The normalized spacial score (nSPS) is 24.1. The number of aliphatic carboxylic acids is 1. The minimum absolute atomic E-state index is 0.285. The van der Waals surface area contributed by atoms with E-state index in [1.54, 1.807) is 0 Å². The van der Waals surface area contributed by atoms with Crippen molar-refractivity contribution in [2.45, 2.75) is 44.6 Å². The van der Waals surface area contributed by atoms with Gasteiger partial charge in [-0.2, -0.15) is 0 Å². The molecule has 0 radical (unpaired) electrons. The van der Waals surface area contributed by atoms with Crippen molar-refractivity contribution in [1.82, 2.24) is 9.55 Å². The molecule has 1 saturated carbocycles. The molecule has 3 rings (SSSR count). The van der Waals surface area contributed by atoms with Gasteiger partial charge in [0.15, 0.2) is 0 Å². The van der Waals surface area contributed by atoms with Crippen LogP contribution in [0.4, 0.5) is 0 Å². The Hall–Kier alpha value is -1.32. The third kappa shape index (κ3) is 1.72. The van der Waals surface area contributed by atoms with Crippen LogP contribution in [0.3, 0.4) is 0 Å². The number of nitrogens with zero attached hydrogens (tertiary/aromatic N) is 2. The molecule has 1 heterocycles. The van der Waals surface area contributed by atoms with Gasteiger partial charge in [-0.1, -0.05) is 0 Å². The number of carboxylic acid groups (broad SMARTS) is 1. The second-order valence-electron chi connectivity index (χ2n) is 4.98. The fourth-order valence-corrected chi connectivity index (χ4v) is 2.67. The molecule has 4 heteroatoms. The number of rotatable bonds is 3. The summed E-state index contributed by atoms with van der Waals surface area (Å²) < 4.78 is 2.31. The van der Waals surface area contributed by atoms with E-state index in [1.807, 2.05) is 6.33 Å². The molecule has 1 atom stereocenters. The lowest BCUT2D eigenvalue weighted by molar-refractivity contribution is -0.138. The molecule has 1 unspecified atom stereocenters. The Morgan fingerprint density at radius 3 is 3.00 bits per heavy atom. The van der Waals surface area contributed by atoms with Crippen LogP contribution in [0.25, 0.3) is 0 Å². The molecule has 1 aromatic heterocycles. The number of carboxylic acids is 1. The Labute approximate surface area is 94.3 Å². The van der Waals surface area contributed by atoms with E-state index in [2.05, 4.69) is 9.55 Å². The summed E-state index contributed by atoms with van der Waals surface area (Å²) in [4.78, 5) is 15.1. The number of hydrogen-bond acceptors (Lipinski definition) is 2. The number of carbonyl (C=O) groups is 1. The highest BCUT2D eigenvalue weighted by molar-refractivity contribution is 5.67. The summed E-state index contributed by atoms with van der Waals surface area (Å²) in [5, 5.41) is 8.79. The molecule has 0 bridgehead atoms. The standard InChI is InChI=1S/C12H16N2O2/c15-12(16)6-8-1-4-11-10(5-8)13-7-14(11)9-2-3-9/h7-9H,1-6H2,(H,15,16). The zero-order valence-corrected chi connectivity index (χ0v) is 9.22. The number of aromatic nitrogens is 2. The monoisotopic (exact) mass is 220 g/mol. The fraction of sp³-hybridized carbons (Fsp3) is 0.667. The van der Waals surface area contributed by atoms with Crippen LogP contribution < -0.4 is 0 Å². The van der Waals surface area contributed by atoms with Crippen molar-refractivity contribution in [3.8, 4) is 0 Å². The highest BCUT2D eigenvalue weighted by atomic mass is 16.4. The first-order valence-electron chi connectivity index (χ1n) is 6.00. The van der Waals surface area contributed by atoms with Crippen molar-refractivity contribution in [2.24, 2.45) is 5.92 Å². The zero-order valence-electron chi connectivity index (χ0n) is 9.22. The van der Waals surface area contributed by atoms with Crippen molar-refractivity contribution in [3.63, 3.8) is 0 Å². The maximum atomic E-state index is 10.7. The predicted molar refractivity (Wildman–Crippen MR) is 58.3 cm³/mol. The average molecular weight is 220 g/mol. The smallest absolute Gasteiger partial charge is 0.303 e. The predicted octanol–water partition coefficient (Wildman–Crippen LogP) is 1.80. The molecule has 0 amide bonds. The van der Waals surface area contributed by atoms with Gasteiger partial charge in [0.1, 0.15) is 0 Å². The van der Waals surface area contributed by atoms with Crippen LogP contribution in [0.15, 0.2) is 6.33 Å². The first kappa shape index (κ1) is 9.87. The molecular formula is C12H16N2O2. The highest BCUT2D eigenvalue weighted by Gasteiger charge is 2.30. The molecule has 0 aromatic carbocycles. The summed E-state index contributed by atoms with van der Waals surface area (Å²) in [7, 11) is 0. The van der Waals surface area contributed by atoms with Gasteiger partial charge in [0, 0.05) is 18.2 Å². The van der Waals surface area contributed by atoms with Crippen LogP contribution in [0, 0.1) is 5.92 Å². The van der Waals surface area contributed by atoms with Crippen LogP contribution in [-0.2, 0) is 17.6 Å². The van der Waals surface area contributed by atoms with Gasteiger partial charge in [-0.25, -0.2) is 4.98 Å². The van der Waals surface area contributed by atoms with Gasteiger partial charge in [0.2, 0.25) is 0 Å². The van der Waals surface area contributed by atoms with Gasteiger partial charge in [0.25, 0.3) is 0 Å². The lowest BCUT2D eigenvalue weighted by Gasteiger charge is -2.21. The molecule has 1 fully saturated rings. The third-order valence-electron chi connectivity index (χ3n) is 3.66. The minimum atomic E-state index is -0.685. The third-order valence-corrected chi connectivity index (χ3v) is 3.66. The van der Waals surface area contributed by atoms with Crippen molar-refractivity contribution in [3.05, 3.63) is 17.7 Å². The number of imidazole rings is 1. The Bertz CT molecular complexity index is 421. The summed E-state index contributed by atoms with van der Waals surface area (Å²) in [6, 6.07) is 0.687. The molecule has 4 nitrogen and oxygen atoms in total. The SMILES string of the molecule is O=C(O)CC1CCc2c(ncn2C2CC2)C1. The van der Waals surface area contributed by atoms with Crippen LogP contribution in [0.1, 0.15) is 43.1 Å². The molecular weight excluding hydrogens is 204 g/mol. The maximum Gasteiger partial charge on any atom is 0.303 e. The fourth-order valence-electron chi connectivity index (χ4n) is 2.67. The summed E-state index contributed by atoms with van der Waals surface area (Å²) in [5.74, 6) is -0.400. The van der Waals surface area contributed by atoms with E-state index >= 15 is 0 Å². The Morgan fingerprint density at radius 1 is 1.50 bits per heavy atom. The van der Waals surface area contributed by atoms with Gasteiger partial charge < -0.3 is 9.67 Å². The van der Waals surface area contributed by atoms with Crippen LogP contribution in [-0.4, -0.2) is 20.6 Å². The second kappa shape index (κ2) is 3.61. The highest BCUT2D eigenvalue weighted by Crippen LogP contribution is 2.38. The van der Waals surface area contributed by atoms with E-state index in [-0.39, 0.29) is 12.3 Å². The van der Waals surface area contributed by atoms with E-state index in [9.17, 15) is 4.79 Å². The van der Waals surface area contributed by atoms with E-state index in [1.165, 1.54) is 18.5 Å². The molecule has 2 aliphatic rings. The van der Waals surface area contributed by atoms with Crippen molar-refractivity contribution >= 4 is 5.97 Å². The Kier molecular flexibility index (Phi) is 2.23. The lowest BCUT2D eigenvalue weighted by atomic mass is 9.87. The average Bonchev–Trinajstić information content (AvgIpc) is 2.98. The van der Waals surface area contributed by atoms with Gasteiger partial charge in [-0.15, -0.1) is 0 Å². The van der Waals surface area contributed by atoms with Gasteiger partial charge >= 0.3 is 5.97 Å². The van der Waals surface area contributed by atoms with Crippen molar-refractivity contribution < 1.29 is 9.90 Å². The van der Waals surface area contributed by atoms with Crippen LogP contribution in [0.2, 0.25) is 0 Å². The van der Waals surface area contributed by atoms with Crippen molar-refractivity contribution in [1.29, 1.82) is 0 Å². The molecule has 0 spiro atoms. The molecule has 16 heavy (non-hydrogen) atoms. The number of fused-ring (bicyclic) bond motifs is 1. The van der Waals surface area contributed by atoms with Gasteiger partial charge in [-0.3, -0.25) is 4.79 Å². The van der Waals surface area contributed by atoms with Crippen LogP contribution in [0.5, 0.6) is 0 Å². The maximum absolute atomic E-state index is 10.7. The number of hydrogen-bond donors (Lipinski definition) is 1. The first-order chi connectivity index (χ1) is 7.74. The van der Waals surface area contributed by atoms with Gasteiger partial charge in [0.05, 0.1) is 12.0 Å². The summed E-state index contributed by atoms with van der Waals surface area (Å²) in [6.45, 7) is 0. The van der Waals surface area contributed by atoms with E-state index in [4.69, 9.17) is 5.11 Å². The molecule has 2 aliphatic carbocycles. The van der Waals surface area contributed by atoms with Gasteiger partial charge in [-0.05, 0) is 38.0 Å². The molecule has 0 saturated heterocycles.